The average Bonchev–Trinajstić information content (AvgIpc) is 2.38. The van der Waals surface area contributed by atoms with Crippen molar-refractivity contribution in [2.45, 2.75) is 6.61 Å². The largest absolute Gasteiger partial charge is 0.488 e. The highest BCUT2D eigenvalue weighted by Gasteiger charge is 2.02. The van der Waals surface area contributed by atoms with Crippen LogP contribution in [0.4, 0.5) is 0 Å². The number of halogens is 1. The lowest BCUT2D eigenvalue weighted by Crippen LogP contribution is -1.96. The third-order valence-corrected chi connectivity index (χ3v) is 2.86. The maximum atomic E-state index is 10.6. The number of nitrogens with zero attached hydrogens (tertiary/aromatic N) is 1. The molecular formula is C13H10BrNO2. The van der Waals surface area contributed by atoms with Gasteiger partial charge in [-0.05, 0) is 51.8 Å². The van der Waals surface area contributed by atoms with Crippen molar-refractivity contribution in [3.63, 3.8) is 0 Å². The first-order valence-electron chi connectivity index (χ1n) is 5.06. The van der Waals surface area contributed by atoms with Crippen molar-refractivity contribution >= 4 is 22.2 Å². The van der Waals surface area contributed by atoms with E-state index in [1.807, 2.05) is 12.1 Å². The molecule has 1 aromatic heterocycles. The van der Waals surface area contributed by atoms with Crippen molar-refractivity contribution in [3.05, 3.63) is 58.3 Å². The molecule has 0 saturated heterocycles. The summed E-state index contributed by atoms with van der Waals surface area (Å²) < 4.78 is 6.41. The molecule has 0 amide bonds. The number of rotatable bonds is 4. The first-order valence-corrected chi connectivity index (χ1v) is 5.85. The van der Waals surface area contributed by atoms with Gasteiger partial charge in [-0.15, -0.1) is 0 Å². The summed E-state index contributed by atoms with van der Waals surface area (Å²) >= 11 is 3.37. The highest BCUT2D eigenvalue weighted by Crippen LogP contribution is 2.26. The molecule has 0 unspecified atom stereocenters. The van der Waals surface area contributed by atoms with Crippen molar-refractivity contribution in [3.8, 4) is 5.75 Å². The fraction of sp³-hybridized carbons (Fsp3) is 0.0769. The van der Waals surface area contributed by atoms with E-state index in [2.05, 4.69) is 20.9 Å². The summed E-state index contributed by atoms with van der Waals surface area (Å²) in [5, 5.41) is 0. The van der Waals surface area contributed by atoms with E-state index < -0.39 is 0 Å². The van der Waals surface area contributed by atoms with Gasteiger partial charge in [0.1, 0.15) is 18.6 Å². The Morgan fingerprint density at radius 2 is 2.00 bits per heavy atom. The molecule has 0 N–H and O–H groups in total. The molecule has 2 rings (SSSR count). The van der Waals surface area contributed by atoms with E-state index in [0.717, 1.165) is 16.3 Å². The quantitative estimate of drug-likeness (QED) is 0.812. The number of carbonyl (C=O) groups is 1. The minimum Gasteiger partial charge on any atom is -0.488 e. The molecule has 86 valence electrons. The predicted octanol–water partition coefficient (Wildman–Crippen LogP) is 3.24. The van der Waals surface area contributed by atoms with Crippen molar-refractivity contribution in [1.82, 2.24) is 4.98 Å². The van der Waals surface area contributed by atoms with Gasteiger partial charge in [0, 0.05) is 18.0 Å². The first kappa shape index (κ1) is 11.8. The van der Waals surface area contributed by atoms with Gasteiger partial charge in [-0.2, -0.15) is 0 Å². The standard InChI is InChI=1S/C13H10BrNO2/c14-12-7-11(8-16)1-2-13(12)17-9-10-3-5-15-6-4-10/h1-8H,9H2. The summed E-state index contributed by atoms with van der Waals surface area (Å²) in [5.41, 5.74) is 1.67. The summed E-state index contributed by atoms with van der Waals surface area (Å²) in [7, 11) is 0. The number of carbonyl (C=O) groups excluding carboxylic acids is 1. The van der Waals surface area contributed by atoms with Gasteiger partial charge in [-0.25, -0.2) is 0 Å². The lowest BCUT2D eigenvalue weighted by molar-refractivity contribution is 0.112. The minimum atomic E-state index is 0.474. The Balaban J connectivity index is 2.07. The summed E-state index contributed by atoms with van der Waals surface area (Å²) in [6.45, 7) is 0.474. The Morgan fingerprint density at radius 1 is 1.24 bits per heavy atom. The summed E-state index contributed by atoms with van der Waals surface area (Å²) in [5.74, 6) is 0.715. The van der Waals surface area contributed by atoms with Gasteiger partial charge < -0.3 is 4.74 Å². The predicted molar refractivity (Wildman–Crippen MR) is 68.1 cm³/mol. The number of aldehydes is 1. The smallest absolute Gasteiger partial charge is 0.150 e. The molecule has 17 heavy (non-hydrogen) atoms. The number of aromatic nitrogens is 1. The van der Waals surface area contributed by atoms with Crippen LogP contribution in [0.2, 0.25) is 0 Å². The zero-order valence-corrected chi connectivity index (χ0v) is 10.6. The summed E-state index contributed by atoms with van der Waals surface area (Å²) in [6, 6.07) is 9.02. The van der Waals surface area contributed by atoms with Crippen LogP contribution in [0.3, 0.4) is 0 Å². The van der Waals surface area contributed by atoms with Crippen molar-refractivity contribution in [2.75, 3.05) is 0 Å². The van der Waals surface area contributed by atoms with E-state index in [4.69, 9.17) is 4.74 Å². The van der Waals surface area contributed by atoms with Gasteiger partial charge >= 0.3 is 0 Å². The Morgan fingerprint density at radius 3 is 2.65 bits per heavy atom. The first-order chi connectivity index (χ1) is 8.29. The third-order valence-electron chi connectivity index (χ3n) is 2.24. The van der Waals surface area contributed by atoms with Gasteiger partial charge in [0.25, 0.3) is 0 Å². The van der Waals surface area contributed by atoms with Crippen LogP contribution in [0.15, 0.2) is 47.2 Å². The molecule has 3 nitrogen and oxygen atoms in total. The molecule has 0 radical (unpaired) electrons. The van der Waals surface area contributed by atoms with Crippen LogP contribution in [0.5, 0.6) is 5.75 Å². The van der Waals surface area contributed by atoms with Crippen LogP contribution in [0.1, 0.15) is 15.9 Å². The lowest BCUT2D eigenvalue weighted by Gasteiger charge is -2.08. The molecule has 0 aliphatic carbocycles. The normalized spacial score (nSPS) is 9.94. The van der Waals surface area contributed by atoms with Crippen LogP contribution >= 0.6 is 15.9 Å². The summed E-state index contributed by atoms with van der Waals surface area (Å²) in [6.07, 6.45) is 4.25. The highest BCUT2D eigenvalue weighted by molar-refractivity contribution is 9.10. The van der Waals surface area contributed by atoms with Crippen molar-refractivity contribution in [2.24, 2.45) is 0 Å². The Labute approximate surface area is 108 Å². The van der Waals surface area contributed by atoms with E-state index in [0.29, 0.717) is 17.9 Å². The maximum absolute atomic E-state index is 10.6. The molecule has 1 aromatic carbocycles. The fourth-order valence-electron chi connectivity index (χ4n) is 1.35. The second-order valence-corrected chi connectivity index (χ2v) is 4.31. The number of ether oxygens (including phenoxy) is 1. The Hall–Kier alpha value is -1.68. The molecule has 4 heteroatoms. The zero-order valence-electron chi connectivity index (χ0n) is 8.97. The number of benzene rings is 1. The molecule has 0 aliphatic heterocycles. The molecule has 0 aliphatic rings. The minimum absolute atomic E-state index is 0.474. The van der Waals surface area contributed by atoms with E-state index in [9.17, 15) is 4.79 Å². The number of pyridine rings is 1. The Kier molecular flexibility index (Phi) is 3.88. The molecule has 0 fully saturated rings. The SMILES string of the molecule is O=Cc1ccc(OCc2ccncc2)c(Br)c1. The van der Waals surface area contributed by atoms with E-state index in [-0.39, 0.29) is 0 Å². The molecule has 0 bridgehead atoms. The molecule has 1 heterocycles. The van der Waals surface area contributed by atoms with Crippen LogP contribution in [-0.2, 0) is 6.61 Å². The monoisotopic (exact) mass is 291 g/mol. The molecule has 2 aromatic rings. The molecular weight excluding hydrogens is 282 g/mol. The summed E-state index contributed by atoms with van der Waals surface area (Å²) in [4.78, 5) is 14.5. The van der Waals surface area contributed by atoms with Crippen LogP contribution < -0.4 is 4.74 Å². The van der Waals surface area contributed by atoms with E-state index in [1.165, 1.54) is 0 Å². The van der Waals surface area contributed by atoms with Gasteiger partial charge in [0.15, 0.2) is 0 Å². The zero-order chi connectivity index (χ0) is 12.1. The van der Waals surface area contributed by atoms with Crippen LogP contribution in [-0.4, -0.2) is 11.3 Å². The average molecular weight is 292 g/mol. The molecule has 0 spiro atoms. The third kappa shape index (κ3) is 3.14. The van der Waals surface area contributed by atoms with Crippen LogP contribution in [0.25, 0.3) is 0 Å². The Bertz CT molecular complexity index is 514. The molecule has 0 atom stereocenters. The van der Waals surface area contributed by atoms with Gasteiger partial charge in [-0.1, -0.05) is 0 Å². The fourth-order valence-corrected chi connectivity index (χ4v) is 1.86. The van der Waals surface area contributed by atoms with Gasteiger partial charge in [0.05, 0.1) is 4.47 Å². The lowest BCUT2D eigenvalue weighted by atomic mass is 10.2. The van der Waals surface area contributed by atoms with Crippen molar-refractivity contribution < 1.29 is 9.53 Å². The number of hydrogen-bond acceptors (Lipinski definition) is 3. The van der Waals surface area contributed by atoms with Crippen molar-refractivity contribution in [1.29, 1.82) is 0 Å². The number of hydrogen-bond donors (Lipinski definition) is 0. The second kappa shape index (κ2) is 5.59. The van der Waals surface area contributed by atoms with Gasteiger partial charge in [0.2, 0.25) is 0 Å². The maximum Gasteiger partial charge on any atom is 0.150 e. The topological polar surface area (TPSA) is 39.2 Å². The van der Waals surface area contributed by atoms with Gasteiger partial charge in [-0.3, -0.25) is 9.78 Å². The second-order valence-electron chi connectivity index (χ2n) is 3.45. The van der Waals surface area contributed by atoms with E-state index >= 15 is 0 Å². The highest BCUT2D eigenvalue weighted by atomic mass is 79.9. The van der Waals surface area contributed by atoms with E-state index in [1.54, 1.807) is 30.6 Å². The molecule has 0 saturated carbocycles. The van der Waals surface area contributed by atoms with Crippen LogP contribution in [0, 0.1) is 0 Å².